The van der Waals surface area contributed by atoms with Crippen molar-refractivity contribution in [3.63, 3.8) is 0 Å². The minimum atomic E-state index is 0.852. The summed E-state index contributed by atoms with van der Waals surface area (Å²) in [6.07, 6.45) is 6.78. The van der Waals surface area contributed by atoms with Crippen LogP contribution in [-0.2, 0) is 0 Å². The highest BCUT2D eigenvalue weighted by molar-refractivity contribution is 6.33. The summed E-state index contributed by atoms with van der Waals surface area (Å²) in [6.45, 7) is 0. The molecule has 0 spiro atoms. The number of hydrogen-bond acceptors (Lipinski definition) is 0. The molecule has 18 heavy (non-hydrogen) atoms. The van der Waals surface area contributed by atoms with Gasteiger partial charge < -0.3 is 0 Å². The smallest absolute Gasteiger partial charge is 0.0385 e. The highest BCUT2D eigenvalue weighted by atomic mass is 28.1. The Hall–Kier alpha value is -1.34. The van der Waals surface area contributed by atoms with Crippen LogP contribution < -0.4 is 5.19 Å². The van der Waals surface area contributed by atoms with Gasteiger partial charge in [-0.3, -0.25) is 0 Å². The van der Waals surface area contributed by atoms with Crippen LogP contribution in [-0.4, -0.2) is 10.2 Å². The highest BCUT2D eigenvalue weighted by Gasteiger charge is 2.33. The molecule has 90 valence electrons. The molecule has 0 nitrogen and oxygen atoms in total. The molecule has 0 aromatic heterocycles. The van der Waals surface area contributed by atoms with E-state index in [4.69, 9.17) is 0 Å². The van der Waals surface area contributed by atoms with E-state index in [-0.39, 0.29) is 0 Å². The Morgan fingerprint density at radius 2 is 1.78 bits per heavy atom. The second-order valence-electron chi connectivity index (χ2n) is 5.96. The van der Waals surface area contributed by atoms with Crippen LogP contribution in [0, 0.1) is 11.8 Å². The fourth-order valence-corrected chi connectivity index (χ4v) is 4.19. The Bertz CT molecular complexity index is 654. The topological polar surface area (TPSA) is 0 Å². The molecule has 0 N–H and O–H groups in total. The maximum absolute atomic E-state index is 2.54. The van der Waals surface area contributed by atoms with E-state index in [1.54, 1.807) is 5.57 Å². The van der Waals surface area contributed by atoms with E-state index in [1.165, 1.54) is 40.8 Å². The number of rotatable bonds is 1. The van der Waals surface area contributed by atoms with Crippen LogP contribution in [0.1, 0.15) is 24.8 Å². The first-order valence-electron chi connectivity index (χ1n) is 7.02. The first-order valence-corrected chi connectivity index (χ1v) is 8.02. The number of benzene rings is 2. The van der Waals surface area contributed by atoms with E-state index in [9.17, 15) is 0 Å². The molecule has 0 heterocycles. The number of allylic oxidation sites excluding steroid dienone is 2. The predicted octanol–water partition coefficient (Wildman–Crippen LogP) is 2.64. The van der Waals surface area contributed by atoms with Crippen molar-refractivity contribution in [1.82, 2.24) is 0 Å². The van der Waals surface area contributed by atoms with Crippen LogP contribution in [0.3, 0.4) is 0 Å². The lowest BCUT2D eigenvalue weighted by Crippen LogP contribution is -2.00. The largest absolute Gasteiger partial charge is 0.0773 e. The monoisotopic (exact) mass is 250 g/mol. The summed E-state index contributed by atoms with van der Waals surface area (Å²) in [5.41, 5.74) is 3.10. The molecule has 0 amide bonds. The zero-order valence-electron chi connectivity index (χ0n) is 10.8. The minimum absolute atomic E-state index is 0.852. The van der Waals surface area contributed by atoms with Crippen LogP contribution in [0.2, 0.25) is 0 Å². The minimum Gasteiger partial charge on any atom is -0.0773 e. The van der Waals surface area contributed by atoms with Crippen LogP contribution in [0.5, 0.6) is 0 Å². The molecule has 1 fully saturated rings. The Kier molecular flexibility index (Phi) is 2.25. The predicted molar refractivity (Wildman–Crippen MR) is 82.3 cm³/mol. The van der Waals surface area contributed by atoms with E-state index in [0.717, 1.165) is 22.1 Å². The zero-order valence-corrected chi connectivity index (χ0v) is 12.8. The highest BCUT2D eigenvalue weighted by Crippen LogP contribution is 2.48. The molecule has 2 unspecified atom stereocenters. The first-order chi connectivity index (χ1) is 8.79. The summed E-state index contributed by atoms with van der Waals surface area (Å²) < 4.78 is 0. The van der Waals surface area contributed by atoms with Gasteiger partial charge in [0.1, 0.15) is 0 Å². The Balaban J connectivity index is 1.82. The molecular weight excluding hydrogens is 232 g/mol. The van der Waals surface area contributed by atoms with E-state index >= 15 is 0 Å². The quantitative estimate of drug-likeness (QED) is 0.683. The van der Waals surface area contributed by atoms with Gasteiger partial charge >= 0.3 is 0 Å². The average molecular weight is 250 g/mol. The molecule has 4 rings (SSSR count). The van der Waals surface area contributed by atoms with Crippen molar-refractivity contribution in [3.05, 3.63) is 48.0 Å². The number of fused-ring (bicyclic) bond motifs is 3. The zero-order chi connectivity index (χ0) is 12.1. The molecule has 1 saturated carbocycles. The molecule has 1 heteroatoms. The van der Waals surface area contributed by atoms with Gasteiger partial charge in [-0.05, 0) is 59.1 Å². The van der Waals surface area contributed by atoms with Crippen LogP contribution in [0.4, 0.5) is 0 Å². The fraction of sp³-hybridized carbons (Fsp3) is 0.294. The van der Waals surface area contributed by atoms with Crippen molar-refractivity contribution in [3.8, 4) is 0 Å². The molecule has 2 aliphatic rings. The van der Waals surface area contributed by atoms with Crippen molar-refractivity contribution < 1.29 is 0 Å². The molecule has 2 atom stereocenters. The maximum Gasteiger partial charge on any atom is 0.0385 e. The summed E-state index contributed by atoms with van der Waals surface area (Å²) in [5, 5.41) is 4.28. The SMILES string of the molecule is [SiH3]c1ccc2cc(C3=CC4CCC3C4)ccc2c1. The third-order valence-corrected chi connectivity index (χ3v) is 5.28. The standard InChI is InChI=1S/C17H18Si/c18-16-6-5-12-9-15(4-3-13(12)10-16)17-8-11-1-2-14(17)7-11/h3-6,8-11,14H,1-2,7H2,18H3. The lowest BCUT2D eigenvalue weighted by atomic mass is 9.91. The van der Waals surface area contributed by atoms with Gasteiger partial charge in [-0.1, -0.05) is 41.6 Å². The van der Waals surface area contributed by atoms with Crippen LogP contribution in [0.15, 0.2) is 42.5 Å². The van der Waals surface area contributed by atoms with Crippen molar-refractivity contribution in [2.45, 2.75) is 19.3 Å². The Morgan fingerprint density at radius 1 is 0.944 bits per heavy atom. The molecule has 2 aliphatic carbocycles. The van der Waals surface area contributed by atoms with Crippen LogP contribution >= 0.6 is 0 Å². The van der Waals surface area contributed by atoms with Gasteiger partial charge in [0.15, 0.2) is 0 Å². The second kappa shape index (κ2) is 3.82. The van der Waals surface area contributed by atoms with E-state index in [1.807, 2.05) is 0 Å². The molecule has 0 radical (unpaired) electrons. The lowest BCUT2D eigenvalue weighted by molar-refractivity contribution is 0.695. The summed E-state index contributed by atoms with van der Waals surface area (Å²) in [4.78, 5) is 0. The van der Waals surface area contributed by atoms with Gasteiger partial charge in [0.05, 0.1) is 0 Å². The lowest BCUT2D eigenvalue weighted by Gasteiger charge is -2.14. The summed E-state index contributed by atoms with van der Waals surface area (Å²) >= 11 is 0. The molecule has 2 bridgehead atoms. The van der Waals surface area contributed by atoms with Crippen molar-refractivity contribution in [2.24, 2.45) is 11.8 Å². The van der Waals surface area contributed by atoms with E-state index in [0.29, 0.717) is 0 Å². The number of hydrogen-bond donors (Lipinski definition) is 0. The summed E-state index contributed by atoms with van der Waals surface area (Å²) in [7, 11) is 1.14. The van der Waals surface area contributed by atoms with Crippen molar-refractivity contribution >= 4 is 31.8 Å². The molecule has 0 aliphatic heterocycles. The Morgan fingerprint density at radius 3 is 2.56 bits per heavy atom. The third kappa shape index (κ3) is 1.58. The fourth-order valence-electron chi connectivity index (χ4n) is 3.72. The Labute approximate surface area is 111 Å². The van der Waals surface area contributed by atoms with Gasteiger partial charge in [-0.25, -0.2) is 0 Å². The van der Waals surface area contributed by atoms with Gasteiger partial charge in [-0.15, -0.1) is 0 Å². The summed E-state index contributed by atoms with van der Waals surface area (Å²) in [5.74, 6) is 1.73. The molecule has 0 saturated heterocycles. The van der Waals surface area contributed by atoms with Gasteiger partial charge in [0.25, 0.3) is 0 Å². The van der Waals surface area contributed by atoms with Crippen LogP contribution in [0.25, 0.3) is 16.3 Å². The van der Waals surface area contributed by atoms with E-state index < -0.39 is 0 Å². The normalized spacial score (nSPS) is 25.9. The average Bonchev–Trinajstić information content (AvgIpc) is 3.00. The van der Waals surface area contributed by atoms with Crippen molar-refractivity contribution in [2.75, 3.05) is 0 Å². The van der Waals surface area contributed by atoms with Gasteiger partial charge in [-0.2, -0.15) is 0 Å². The first kappa shape index (κ1) is 10.6. The van der Waals surface area contributed by atoms with Crippen molar-refractivity contribution in [1.29, 1.82) is 0 Å². The maximum atomic E-state index is 2.54. The third-order valence-electron chi connectivity index (χ3n) is 4.66. The molecule has 2 aromatic rings. The molecular formula is C17H18Si. The van der Waals surface area contributed by atoms with Gasteiger partial charge in [0, 0.05) is 10.2 Å². The van der Waals surface area contributed by atoms with E-state index in [2.05, 4.69) is 42.5 Å². The molecule has 2 aromatic carbocycles. The van der Waals surface area contributed by atoms with Gasteiger partial charge in [0.2, 0.25) is 0 Å². The second-order valence-corrected chi connectivity index (χ2v) is 7.11. The summed E-state index contributed by atoms with van der Waals surface area (Å²) in [6, 6.07) is 13.9.